The van der Waals surface area contributed by atoms with Crippen molar-refractivity contribution in [3.63, 3.8) is 0 Å². The lowest BCUT2D eigenvalue weighted by Gasteiger charge is -2.14. The van der Waals surface area contributed by atoms with E-state index < -0.39 is 10.0 Å². The number of rotatable bonds is 8. The number of methoxy groups -OCH3 is 1. The summed E-state index contributed by atoms with van der Waals surface area (Å²) in [5, 5.41) is 6.36. The van der Waals surface area contributed by atoms with Crippen LogP contribution in [-0.4, -0.2) is 25.1 Å². The second-order valence-electron chi connectivity index (χ2n) is 7.45. The summed E-state index contributed by atoms with van der Waals surface area (Å²) in [6, 6.07) is 21.5. The fourth-order valence-corrected chi connectivity index (χ4v) is 4.94. The number of aryl methyl sites for hydroxylation is 1. The maximum atomic E-state index is 13.3. The van der Waals surface area contributed by atoms with Gasteiger partial charge in [-0.1, -0.05) is 48.2 Å². The van der Waals surface area contributed by atoms with Gasteiger partial charge < -0.3 is 4.74 Å². The van der Waals surface area contributed by atoms with Crippen molar-refractivity contribution >= 4 is 32.7 Å². The van der Waals surface area contributed by atoms with Crippen molar-refractivity contribution in [2.45, 2.75) is 28.8 Å². The molecule has 0 aliphatic carbocycles. The van der Waals surface area contributed by atoms with E-state index in [0.717, 1.165) is 16.9 Å². The van der Waals surface area contributed by atoms with Gasteiger partial charge in [0, 0.05) is 12.3 Å². The highest BCUT2D eigenvalue weighted by Crippen LogP contribution is 2.24. The molecule has 0 amide bonds. The van der Waals surface area contributed by atoms with E-state index in [1.807, 2.05) is 42.5 Å². The van der Waals surface area contributed by atoms with Gasteiger partial charge in [-0.25, -0.2) is 18.5 Å². The highest BCUT2D eigenvalue weighted by atomic mass is 32.2. The van der Waals surface area contributed by atoms with Gasteiger partial charge in [-0.3, -0.25) is 9.36 Å². The standard InChI is InChI=1S/C24H23N3O4S2/c1-31-19-6-4-5-18(15-19)16-32-24-26-22-8-3-2-7-21(22)23(28)27(24)14-13-17-9-11-20(12-10-17)33(25,29)30/h2-12,15H,13-14,16H2,1H3,(H2,25,29,30). The lowest BCUT2D eigenvalue weighted by Crippen LogP contribution is -2.24. The molecule has 4 rings (SSSR count). The van der Waals surface area contributed by atoms with Crippen LogP contribution in [0.2, 0.25) is 0 Å². The van der Waals surface area contributed by atoms with Gasteiger partial charge in [-0.15, -0.1) is 0 Å². The second kappa shape index (κ2) is 9.78. The molecular weight excluding hydrogens is 458 g/mol. The fourth-order valence-electron chi connectivity index (χ4n) is 3.45. The first-order chi connectivity index (χ1) is 15.8. The zero-order valence-electron chi connectivity index (χ0n) is 18.0. The van der Waals surface area contributed by atoms with Gasteiger partial charge in [0.15, 0.2) is 5.16 Å². The molecule has 0 spiro atoms. The van der Waals surface area contributed by atoms with Crippen molar-refractivity contribution in [3.05, 3.63) is 94.3 Å². The predicted octanol–water partition coefficient (Wildman–Crippen LogP) is 3.59. The van der Waals surface area contributed by atoms with Crippen LogP contribution in [0.25, 0.3) is 10.9 Å². The molecule has 0 unspecified atom stereocenters. The average Bonchev–Trinajstić information content (AvgIpc) is 2.82. The third kappa shape index (κ3) is 5.44. The van der Waals surface area contributed by atoms with Crippen LogP contribution in [0.4, 0.5) is 0 Å². The van der Waals surface area contributed by atoms with Gasteiger partial charge in [0.1, 0.15) is 5.75 Å². The van der Waals surface area contributed by atoms with E-state index >= 15 is 0 Å². The summed E-state index contributed by atoms with van der Waals surface area (Å²) < 4.78 is 29.9. The van der Waals surface area contributed by atoms with Gasteiger partial charge in [-0.05, 0) is 53.9 Å². The van der Waals surface area contributed by atoms with Gasteiger partial charge in [0.25, 0.3) is 5.56 Å². The Bertz CT molecular complexity index is 1450. The van der Waals surface area contributed by atoms with Crippen LogP contribution in [-0.2, 0) is 28.7 Å². The van der Waals surface area contributed by atoms with Gasteiger partial charge in [0.2, 0.25) is 10.0 Å². The Morgan fingerprint density at radius 3 is 2.48 bits per heavy atom. The summed E-state index contributed by atoms with van der Waals surface area (Å²) in [7, 11) is -2.11. The molecule has 0 fully saturated rings. The molecule has 7 nitrogen and oxygen atoms in total. The van der Waals surface area contributed by atoms with E-state index in [0.29, 0.717) is 34.8 Å². The maximum absolute atomic E-state index is 13.3. The third-order valence-corrected chi connectivity index (χ3v) is 7.18. The smallest absolute Gasteiger partial charge is 0.262 e. The zero-order valence-corrected chi connectivity index (χ0v) is 19.6. The molecular formula is C24H23N3O4S2. The summed E-state index contributed by atoms with van der Waals surface area (Å²) >= 11 is 1.49. The molecule has 0 saturated heterocycles. The molecule has 3 aromatic carbocycles. The second-order valence-corrected chi connectivity index (χ2v) is 9.95. The number of primary sulfonamides is 1. The van der Waals surface area contributed by atoms with Crippen LogP contribution >= 0.6 is 11.8 Å². The SMILES string of the molecule is COc1cccc(CSc2nc3ccccc3c(=O)n2CCc2ccc(S(N)(=O)=O)cc2)c1. The van der Waals surface area contributed by atoms with Crippen LogP contribution in [0.3, 0.4) is 0 Å². The normalized spacial score (nSPS) is 11.6. The molecule has 33 heavy (non-hydrogen) atoms. The number of nitrogens with two attached hydrogens (primary N) is 1. The number of nitrogens with zero attached hydrogens (tertiary/aromatic N) is 2. The minimum Gasteiger partial charge on any atom is -0.497 e. The molecule has 0 bridgehead atoms. The zero-order chi connectivity index (χ0) is 23.4. The lowest BCUT2D eigenvalue weighted by molar-refractivity contribution is 0.414. The van der Waals surface area contributed by atoms with Gasteiger partial charge >= 0.3 is 0 Å². The molecule has 0 aliphatic rings. The Morgan fingerprint density at radius 1 is 1.00 bits per heavy atom. The van der Waals surface area contributed by atoms with Crippen molar-refractivity contribution < 1.29 is 13.2 Å². The molecule has 4 aromatic rings. The van der Waals surface area contributed by atoms with E-state index in [4.69, 9.17) is 14.9 Å². The topological polar surface area (TPSA) is 104 Å². The lowest BCUT2D eigenvalue weighted by atomic mass is 10.1. The number of aromatic nitrogens is 2. The molecule has 0 aliphatic heterocycles. The highest BCUT2D eigenvalue weighted by Gasteiger charge is 2.13. The molecule has 1 heterocycles. The Labute approximate surface area is 196 Å². The van der Waals surface area contributed by atoms with E-state index in [1.54, 1.807) is 29.9 Å². The molecule has 1 aromatic heterocycles. The van der Waals surface area contributed by atoms with Crippen molar-refractivity contribution in [2.75, 3.05) is 7.11 Å². The number of benzene rings is 3. The number of ether oxygens (including phenoxy) is 1. The Kier molecular flexibility index (Phi) is 6.83. The quantitative estimate of drug-likeness (QED) is 0.305. The van der Waals surface area contributed by atoms with E-state index in [9.17, 15) is 13.2 Å². The molecule has 9 heteroatoms. The number of para-hydroxylation sites is 1. The minimum atomic E-state index is -3.74. The van der Waals surface area contributed by atoms with Crippen LogP contribution in [0.15, 0.2) is 87.6 Å². The number of thioether (sulfide) groups is 1. The third-order valence-electron chi connectivity index (χ3n) is 5.20. The van der Waals surface area contributed by atoms with Gasteiger partial charge in [-0.2, -0.15) is 0 Å². The predicted molar refractivity (Wildman–Crippen MR) is 130 cm³/mol. The molecule has 0 atom stereocenters. The van der Waals surface area contributed by atoms with Crippen molar-refractivity contribution in [1.82, 2.24) is 9.55 Å². The van der Waals surface area contributed by atoms with Crippen molar-refractivity contribution in [2.24, 2.45) is 5.14 Å². The summed E-state index contributed by atoms with van der Waals surface area (Å²) in [6.07, 6.45) is 0.539. The number of hydrogen-bond donors (Lipinski definition) is 1. The Morgan fingerprint density at radius 2 is 1.76 bits per heavy atom. The molecule has 0 saturated carbocycles. The Balaban J connectivity index is 1.62. The summed E-state index contributed by atoms with van der Waals surface area (Å²) in [5.74, 6) is 1.41. The summed E-state index contributed by atoms with van der Waals surface area (Å²) in [6.45, 7) is 0.409. The van der Waals surface area contributed by atoms with Crippen LogP contribution in [0.1, 0.15) is 11.1 Å². The first-order valence-electron chi connectivity index (χ1n) is 10.2. The number of hydrogen-bond acceptors (Lipinski definition) is 6. The Hall–Kier alpha value is -3.14. The molecule has 2 N–H and O–H groups in total. The van der Waals surface area contributed by atoms with E-state index in [-0.39, 0.29) is 10.5 Å². The molecule has 0 radical (unpaired) electrons. The summed E-state index contributed by atoms with van der Waals surface area (Å²) in [5.41, 5.74) is 2.51. The van der Waals surface area contributed by atoms with Crippen LogP contribution in [0, 0.1) is 0 Å². The number of fused-ring (bicyclic) bond motifs is 1. The van der Waals surface area contributed by atoms with E-state index in [2.05, 4.69) is 0 Å². The van der Waals surface area contributed by atoms with Crippen LogP contribution < -0.4 is 15.4 Å². The first-order valence-corrected chi connectivity index (χ1v) is 12.8. The van der Waals surface area contributed by atoms with Crippen molar-refractivity contribution in [3.8, 4) is 5.75 Å². The molecule has 170 valence electrons. The van der Waals surface area contributed by atoms with Gasteiger partial charge in [0.05, 0.1) is 22.9 Å². The first kappa shape index (κ1) is 23.0. The average molecular weight is 482 g/mol. The highest BCUT2D eigenvalue weighted by molar-refractivity contribution is 7.98. The minimum absolute atomic E-state index is 0.0605. The number of sulfonamides is 1. The largest absolute Gasteiger partial charge is 0.497 e. The van der Waals surface area contributed by atoms with E-state index in [1.165, 1.54) is 23.9 Å². The van der Waals surface area contributed by atoms with Crippen LogP contribution in [0.5, 0.6) is 5.75 Å². The fraction of sp³-hybridized carbons (Fsp3) is 0.167. The summed E-state index contributed by atoms with van der Waals surface area (Å²) in [4.78, 5) is 18.1. The monoisotopic (exact) mass is 481 g/mol. The van der Waals surface area contributed by atoms with Crippen molar-refractivity contribution in [1.29, 1.82) is 0 Å². The maximum Gasteiger partial charge on any atom is 0.262 e.